The quantitative estimate of drug-likeness (QED) is 0.832. The number of aromatic nitrogens is 1. The topological polar surface area (TPSA) is 24.9 Å². The van der Waals surface area contributed by atoms with E-state index in [1.54, 1.807) is 0 Å². The molecule has 1 aromatic heterocycles. The van der Waals surface area contributed by atoms with Crippen LogP contribution in [0.4, 0.5) is 0 Å². The molecule has 1 heterocycles. The van der Waals surface area contributed by atoms with Crippen molar-refractivity contribution in [3.05, 3.63) is 40.9 Å². The Morgan fingerprint density at radius 2 is 2.15 bits per heavy atom. The van der Waals surface area contributed by atoms with Gasteiger partial charge in [-0.2, -0.15) is 0 Å². The number of hydrogen-bond donors (Lipinski definition) is 1. The minimum absolute atomic E-state index is 0.610. The zero-order valence-electron chi connectivity index (χ0n) is 12.1. The van der Waals surface area contributed by atoms with Crippen LogP contribution in [0.2, 0.25) is 0 Å². The van der Waals surface area contributed by atoms with Crippen LogP contribution in [0, 0.1) is 0 Å². The summed E-state index contributed by atoms with van der Waals surface area (Å²) in [6.07, 6.45) is 5.00. The minimum Gasteiger partial charge on any atom is -0.316 e. The second kappa shape index (κ2) is 6.51. The summed E-state index contributed by atoms with van der Waals surface area (Å²) >= 11 is 1.89. The van der Waals surface area contributed by atoms with E-state index in [-0.39, 0.29) is 0 Å². The molecule has 1 aliphatic rings. The zero-order valence-corrected chi connectivity index (χ0v) is 12.9. The van der Waals surface area contributed by atoms with Gasteiger partial charge in [-0.3, -0.25) is 0 Å². The molecule has 0 bridgehead atoms. The van der Waals surface area contributed by atoms with Gasteiger partial charge in [0.1, 0.15) is 5.01 Å². The van der Waals surface area contributed by atoms with Crippen molar-refractivity contribution in [2.45, 2.75) is 38.5 Å². The molecular formula is C17H22N2S. The molecule has 2 aromatic rings. The molecule has 1 unspecified atom stereocenters. The highest BCUT2D eigenvalue weighted by molar-refractivity contribution is 7.15. The van der Waals surface area contributed by atoms with Gasteiger partial charge >= 0.3 is 0 Å². The molecule has 3 rings (SSSR count). The number of hydrogen-bond acceptors (Lipinski definition) is 3. The molecule has 0 saturated heterocycles. The Morgan fingerprint density at radius 3 is 2.95 bits per heavy atom. The number of rotatable bonds is 5. The van der Waals surface area contributed by atoms with E-state index in [2.05, 4.69) is 42.6 Å². The molecule has 0 radical (unpaired) electrons. The molecule has 1 aromatic carbocycles. The molecule has 0 amide bonds. The Hall–Kier alpha value is -1.19. The first-order chi connectivity index (χ1) is 9.88. The van der Waals surface area contributed by atoms with Gasteiger partial charge in [0.05, 0.1) is 5.69 Å². The molecule has 0 fully saturated rings. The fourth-order valence-corrected chi connectivity index (χ4v) is 4.06. The smallest absolute Gasteiger partial charge is 0.123 e. The number of fused-ring (bicyclic) bond motifs is 1. The average Bonchev–Trinajstić information content (AvgIpc) is 2.93. The summed E-state index contributed by atoms with van der Waals surface area (Å²) in [5, 5.41) is 4.75. The SMILES string of the molecule is CCCNCC1CCCc2sc(-c3ccccc3)nc21. The Balaban J connectivity index is 1.81. The van der Waals surface area contributed by atoms with E-state index in [1.165, 1.54) is 46.8 Å². The summed E-state index contributed by atoms with van der Waals surface area (Å²) in [4.78, 5) is 6.47. The molecule has 106 valence electrons. The summed E-state index contributed by atoms with van der Waals surface area (Å²) in [6, 6.07) is 10.6. The van der Waals surface area contributed by atoms with E-state index < -0.39 is 0 Å². The van der Waals surface area contributed by atoms with Gasteiger partial charge in [-0.15, -0.1) is 11.3 Å². The van der Waals surface area contributed by atoms with Gasteiger partial charge in [-0.25, -0.2) is 4.98 Å². The molecule has 0 saturated carbocycles. The standard InChI is InChI=1S/C17H22N2S/c1-2-11-18-12-14-9-6-10-15-16(14)19-17(20-15)13-7-4-3-5-8-13/h3-5,7-8,14,18H,2,6,9-12H2,1H3. The average molecular weight is 286 g/mol. The second-order valence-electron chi connectivity index (χ2n) is 5.49. The van der Waals surface area contributed by atoms with Crippen LogP contribution in [0.15, 0.2) is 30.3 Å². The van der Waals surface area contributed by atoms with Crippen LogP contribution in [0.5, 0.6) is 0 Å². The fourth-order valence-electron chi connectivity index (χ4n) is 2.86. The number of nitrogens with zero attached hydrogens (tertiary/aromatic N) is 1. The number of aryl methyl sites for hydroxylation is 1. The molecule has 1 aliphatic carbocycles. The lowest BCUT2D eigenvalue weighted by atomic mass is 9.91. The minimum atomic E-state index is 0.610. The van der Waals surface area contributed by atoms with E-state index >= 15 is 0 Å². The molecule has 2 nitrogen and oxygen atoms in total. The normalized spacial score (nSPS) is 17.9. The first-order valence-corrected chi connectivity index (χ1v) is 8.46. The summed E-state index contributed by atoms with van der Waals surface area (Å²) < 4.78 is 0. The predicted molar refractivity (Wildman–Crippen MR) is 86.4 cm³/mol. The van der Waals surface area contributed by atoms with Crippen LogP contribution < -0.4 is 5.32 Å². The van der Waals surface area contributed by atoms with Crippen molar-refractivity contribution in [1.29, 1.82) is 0 Å². The van der Waals surface area contributed by atoms with Gasteiger partial charge < -0.3 is 5.32 Å². The van der Waals surface area contributed by atoms with Crippen molar-refractivity contribution in [2.24, 2.45) is 0 Å². The molecule has 0 aliphatic heterocycles. The summed E-state index contributed by atoms with van der Waals surface area (Å²) in [6.45, 7) is 4.41. The lowest BCUT2D eigenvalue weighted by molar-refractivity contribution is 0.502. The Labute approximate surface area is 125 Å². The van der Waals surface area contributed by atoms with Gasteiger partial charge in [0, 0.05) is 22.9 Å². The third-order valence-electron chi connectivity index (χ3n) is 3.91. The molecule has 20 heavy (non-hydrogen) atoms. The predicted octanol–water partition coefficient (Wildman–Crippen LogP) is 4.23. The molecule has 3 heteroatoms. The lowest BCUT2D eigenvalue weighted by Gasteiger charge is -2.21. The van der Waals surface area contributed by atoms with E-state index in [9.17, 15) is 0 Å². The Morgan fingerprint density at radius 1 is 1.30 bits per heavy atom. The van der Waals surface area contributed by atoms with Crippen molar-refractivity contribution in [3.8, 4) is 10.6 Å². The highest BCUT2D eigenvalue weighted by Gasteiger charge is 2.24. The maximum Gasteiger partial charge on any atom is 0.123 e. The van der Waals surface area contributed by atoms with Crippen LogP contribution in [0.3, 0.4) is 0 Å². The second-order valence-corrected chi connectivity index (χ2v) is 6.57. The van der Waals surface area contributed by atoms with Gasteiger partial charge in [0.15, 0.2) is 0 Å². The number of thiazole rings is 1. The van der Waals surface area contributed by atoms with E-state index in [0.717, 1.165) is 13.1 Å². The van der Waals surface area contributed by atoms with Gasteiger partial charge in [-0.1, -0.05) is 37.3 Å². The largest absolute Gasteiger partial charge is 0.316 e. The monoisotopic (exact) mass is 286 g/mol. The third-order valence-corrected chi connectivity index (χ3v) is 5.09. The highest BCUT2D eigenvalue weighted by Crippen LogP contribution is 2.37. The van der Waals surface area contributed by atoms with Crippen molar-refractivity contribution in [2.75, 3.05) is 13.1 Å². The highest BCUT2D eigenvalue weighted by atomic mass is 32.1. The van der Waals surface area contributed by atoms with Crippen LogP contribution in [0.1, 0.15) is 42.7 Å². The van der Waals surface area contributed by atoms with Crippen molar-refractivity contribution in [3.63, 3.8) is 0 Å². The third kappa shape index (κ3) is 2.94. The summed E-state index contributed by atoms with van der Waals surface area (Å²) in [5.41, 5.74) is 2.62. The van der Waals surface area contributed by atoms with E-state index in [4.69, 9.17) is 4.98 Å². The van der Waals surface area contributed by atoms with E-state index in [0.29, 0.717) is 5.92 Å². The van der Waals surface area contributed by atoms with Crippen molar-refractivity contribution in [1.82, 2.24) is 10.3 Å². The van der Waals surface area contributed by atoms with Crippen LogP contribution in [-0.4, -0.2) is 18.1 Å². The first-order valence-electron chi connectivity index (χ1n) is 7.64. The maximum atomic E-state index is 4.96. The van der Waals surface area contributed by atoms with Gasteiger partial charge in [-0.05, 0) is 32.2 Å². The number of benzene rings is 1. The molecular weight excluding hydrogens is 264 g/mol. The maximum absolute atomic E-state index is 4.96. The first kappa shape index (κ1) is 13.8. The Kier molecular flexibility index (Phi) is 4.48. The molecule has 0 spiro atoms. The van der Waals surface area contributed by atoms with E-state index in [1.807, 2.05) is 11.3 Å². The van der Waals surface area contributed by atoms with Crippen LogP contribution >= 0.6 is 11.3 Å². The van der Waals surface area contributed by atoms with Crippen LogP contribution in [0.25, 0.3) is 10.6 Å². The lowest BCUT2D eigenvalue weighted by Crippen LogP contribution is -2.24. The Bertz CT molecular complexity index is 547. The van der Waals surface area contributed by atoms with Crippen molar-refractivity contribution < 1.29 is 0 Å². The number of nitrogens with one attached hydrogen (secondary N) is 1. The fraction of sp³-hybridized carbons (Fsp3) is 0.471. The molecule has 1 atom stereocenters. The van der Waals surface area contributed by atoms with Gasteiger partial charge in [0.25, 0.3) is 0 Å². The molecule has 1 N–H and O–H groups in total. The zero-order chi connectivity index (χ0) is 13.8. The summed E-state index contributed by atoms with van der Waals surface area (Å²) in [5.74, 6) is 0.610. The van der Waals surface area contributed by atoms with Crippen molar-refractivity contribution >= 4 is 11.3 Å². The van der Waals surface area contributed by atoms with Crippen LogP contribution in [-0.2, 0) is 6.42 Å². The summed E-state index contributed by atoms with van der Waals surface area (Å²) in [7, 11) is 0. The van der Waals surface area contributed by atoms with Gasteiger partial charge in [0.2, 0.25) is 0 Å².